The number of aromatic nitrogens is 1. The number of methoxy groups -OCH3 is 1. The maximum Gasteiger partial charge on any atom is 0.433 e. The zero-order chi connectivity index (χ0) is 25.2. The van der Waals surface area contributed by atoms with Gasteiger partial charge in [0.15, 0.2) is 0 Å². The molecule has 196 valence electrons. The highest BCUT2D eigenvalue weighted by atomic mass is 19.4. The molecule has 1 saturated carbocycles. The fourth-order valence-corrected chi connectivity index (χ4v) is 5.83. The Labute approximate surface area is 205 Å². The van der Waals surface area contributed by atoms with Gasteiger partial charge in [0.2, 0.25) is 5.91 Å². The van der Waals surface area contributed by atoms with Crippen molar-refractivity contribution in [2.24, 2.45) is 11.3 Å². The fraction of sp³-hybridized carbons (Fsp3) is 0.760. The molecule has 1 N–H and O–H groups in total. The molecule has 0 bridgehead atoms. The van der Waals surface area contributed by atoms with Crippen molar-refractivity contribution >= 4 is 11.7 Å². The average molecular weight is 499 g/mol. The molecule has 2 aliphatic heterocycles. The van der Waals surface area contributed by atoms with Crippen LogP contribution in [-0.2, 0) is 20.4 Å². The van der Waals surface area contributed by atoms with Gasteiger partial charge in [-0.05, 0) is 43.7 Å². The number of alkyl halides is 3. The second-order valence-corrected chi connectivity index (χ2v) is 10.3. The number of hydrogen-bond acceptors (Lipinski definition) is 6. The quantitative estimate of drug-likeness (QED) is 0.649. The van der Waals surface area contributed by atoms with Gasteiger partial charge in [0, 0.05) is 52.0 Å². The normalized spacial score (nSPS) is 30.2. The Balaban J connectivity index is 1.38. The van der Waals surface area contributed by atoms with Crippen molar-refractivity contribution in [2.75, 3.05) is 51.4 Å². The molecule has 2 saturated heterocycles. The van der Waals surface area contributed by atoms with Gasteiger partial charge in [-0.3, -0.25) is 4.79 Å². The molecule has 1 aromatic rings. The molecule has 3 heterocycles. The molecule has 1 amide bonds. The number of carbonyl (C=O) groups excluding carboxylic acids is 1. The van der Waals surface area contributed by atoms with Crippen LogP contribution >= 0.6 is 0 Å². The van der Waals surface area contributed by atoms with Crippen LogP contribution in [0.25, 0.3) is 0 Å². The zero-order valence-corrected chi connectivity index (χ0v) is 20.8. The molecule has 10 heteroatoms. The second kappa shape index (κ2) is 10.6. The van der Waals surface area contributed by atoms with Gasteiger partial charge in [0.25, 0.3) is 0 Å². The molecule has 1 aliphatic carbocycles. The van der Waals surface area contributed by atoms with Crippen molar-refractivity contribution in [3.63, 3.8) is 0 Å². The molecule has 3 aliphatic rings. The standard InChI is InChI=1S/C25H37F3N4O3/c1-17(2)24(9-7-18(15-24)29-19-8-14-35-16-20(19)34-3)23(33)32-12-10-31(11-13-32)22-6-4-5-21(30-22)25(26,27)28/h4-6,17-20,29H,7-16H2,1-3H3/t18-,19?,20?,24+/m1/s1. The van der Waals surface area contributed by atoms with Gasteiger partial charge in [-0.25, -0.2) is 4.98 Å². The molecule has 35 heavy (non-hydrogen) atoms. The topological polar surface area (TPSA) is 66.9 Å². The molecule has 4 rings (SSSR count). The molecule has 0 aromatic carbocycles. The van der Waals surface area contributed by atoms with E-state index in [1.807, 2.05) is 9.80 Å². The first-order valence-electron chi connectivity index (χ1n) is 12.6. The third-order valence-electron chi connectivity index (χ3n) is 8.05. The Morgan fingerprint density at radius 2 is 1.97 bits per heavy atom. The van der Waals surface area contributed by atoms with Gasteiger partial charge in [0.1, 0.15) is 11.5 Å². The lowest BCUT2D eigenvalue weighted by Crippen LogP contribution is -2.55. The summed E-state index contributed by atoms with van der Waals surface area (Å²) in [5, 5.41) is 3.75. The van der Waals surface area contributed by atoms with E-state index in [-0.39, 0.29) is 30.0 Å². The highest BCUT2D eigenvalue weighted by Gasteiger charge is 2.50. The first-order chi connectivity index (χ1) is 16.6. The number of anilines is 1. The smallest absolute Gasteiger partial charge is 0.379 e. The number of piperazine rings is 1. The van der Waals surface area contributed by atoms with Crippen molar-refractivity contribution in [1.29, 1.82) is 0 Å². The lowest BCUT2D eigenvalue weighted by atomic mass is 9.74. The molecule has 0 spiro atoms. The number of carbonyl (C=O) groups is 1. The van der Waals surface area contributed by atoms with Crippen molar-refractivity contribution in [1.82, 2.24) is 15.2 Å². The molecule has 4 atom stereocenters. The molecule has 2 unspecified atom stereocenters. The van der Waals surface area contributed by atoms with Gasteiger partial charge in [0.05, 0.1) is 18.1 Å². The van der Waals surface area contributed by atoms with E-state index in [0.717, 1.165) is 31.7 Å². The SMILES string of the molecule is COC1COCCC1N[C@@H]1CC[C@@](C(=O)N2CCN(c3cccc(C(F)(F)F)n3)CC2)(C(C)C)C1. The van der Waals surface area contributed by atoms with E-state index in [1.54, 1.807) is 13.2 Å². The van der Waals surface area contributed by atoms with Gasteiger partial charge < -0.3 is 24.6 Å². The second-order valence-electron chi connectivity index (χ2n) is 10.3. The summed E-state index contributed by atoms with van der Waals surface area (Å²) >= 11 is 0. The summed E-state index contributed by atoms with van der Waals surface area (Å²) in [6.07, 6.45) is -1.01. The summed E-state index contributed by atoms with van der Waals surface area (Å²) < 4.78 is 50.3. The highest BCUT2D eigenvalue weighted by Crippen LogP contribution is 2.46. The number of nitrogens with zero attached hydrogens (tertiary/aromatic N) is 3. The highest BCUT2D eigenvalue weighted by molar-refractivity contribution is 5.84. The molecular formula is C25H37F3N4O3. The number of hydrogen-bond donors (Lipinski definition) is 1. The number of pyridine rings is 1. The molecule has 7 nitrogen and oxygen atoms in total. The maximum absolute atomic E-state index is 13.8. The lowest BCUT2D eigenvalue weighted by molar-refractivity contribution is -0.145. The van der Waals surface area contributed by atoms with E-state index in [0.29, 0.717) is 45.2 Å². The molecule has 1 aromatic heterocycles. The monoisotopic (exact) mass is 498 g/mol. The summed E-state index contributed by atoms with van der Waals surface area (Å²) in [6.45, 7) is 7.43. The predicted molar refractivity (Wildman–Crippen MR) is 126 cm³/mol. The average Bonchev–Trinajstić information content (AvgIpc) is 3.29. The summed E-state index contributed by atoms with van der Waals surface area (Å²) in [5.41, 5.74) is -1.32. The minimum absolute atomic E-state index is 0.0195. The lowest BCUT2D eigenvalue weighted by Gasteiger charge is -2.42. The van der Waals surface area contributed by atoms with E-state index in [4.69, 9.17) is 9.47 Å². The maximum atomic E-state index is 13.8. The van der Waals surface area contributed by atoms with Crippen molar-refractivity contribution in [3.05, 3.63) is 23.9 Å². The number of nitrogens with one attached hydrogen (secondary N) is 1. The summed E-state index contributed by atoms with van der Waals surface area (Å²) in [5.74, 6) is 0.668. The van der Waals surface area contributed by atoms with Gasteiger partial charge in [-0.15, -0.1) is 0 Å². The van der Waals surface area contributed by atoms with Crippen LogP contribution in [0.4, 0.5) is 19.0 Å². The Hall–Kier alpha value is -1.91. The van der Waals surface area contributed by atoms with E-state index in [2.05, 4.69) is 24.1 Å². The zero-order valence-electron chi connectivity index (χ0n) is 20.8. The van der Waals surface area contributed by atoms with Crippen LogP contribution in [0.1, 0.15) is 45.2 Å². The number of amides is 1. The fourth-order valence-electron chi connectivity index (χ4n) is 5.83. The molecule has 3 fully saturated rings. The Kier molecular flexibility index (Phi) is 7.92. The molecular weight excluding hydrogens is 461 g/mol. The number of halogens is 3. The summed E-state index contributed by atoms with van der Waals surface area (Å²) in [7, 11) is 1.71. The van der Waals surface area contributed by atoms with E-state index in [1.165, 1.54) is 6.07 Å². The van der Waals surface area contributed by atoms with E-state index in [9.17, 15) is 18.0 Å². The minimum Gasteiger partial charge on any atom is -0.379 e. The van der Waals surface area contributed by atoms with Crippen molar-refractivity contribution < 1.29 is 27.4 Å². The number of ether oxygens (including phenoxy) is 2. The van der Waals surface area contributed by atoms with Gasteiger partial charge >= 0.3 is 6.18 Å². The largest absolute Gasteiger partial charge is 0.433 e. The van der Waals surface area contributed by atoms with Crippen LogP contribution in [0.3, 0.4) is 0 Å². The van der Waals surface area contributed by atoms with Crippen molar-refractivity contribution in [2.45, 2.75) is 63.9 Å². The van der Waals surface area contributed by atoms with Gasteiger partial charge in [-0.2, -0.15) is 13.2 Å². The van der Waals surface area contributed by atoms with E-state index >= 15 is 0 Å². The van der Waals surface area contributed by atoms with Crippen LogP contribution in [0.2, 0.25) is 0 Å². The third kappa shape index (κ3) is 5.59. The van der Waals surface area contributed by atoms with Crippen LogP contribution in [0.15, 0.2) is 18.2 Å². The number of rotatable bonds is 6. The molecule has 0 radical (unpaired) electrons. The van der Waals surface area contributed by atoms with Crippen LogP contribution in [-0.4, -0.2) is 80.5 Å². The first kappa shape index (κ1) is 26.2. The Morgan fingerprint density at radius 3 is 2.63 bits per heavy atom. The van der Waals surface area contributed by atoms with Crippen LogP contribution in [0.5, 0.6) is 0 Å². The van der Waals surface area contributed by atoms with E-state index < -0.39 is 17.3 Å². The Bertz CT molecular complexity index is 876. The summed E-state index contributed by atoms with van der Waals surface area (Å²) in [4.78, 5) is 21.4. The third-order valence-corrected chi connectivity index (χ3v) is 8.05. The van der Waals surface area contributed by atoms with Crippen molar-refractivity contribution in [3.8, 4) is 0 Å². The predicted octanol–water partition coefficient (Wildman–Crippen LogP) is 3.34. The summed E-state index contributed by atoms with van der Waals surface area (Å²) in [6, 6.07) is 4.43. The van der Waals surface area contributed by atoms with Gasteiger partial charge in [-0.1, -0.05) is 19.9 Å². The van der Waals surface area contributed by atoms with Crippen LogP contribution in [0, 0.1) is 11.3 Å². The Morgan fingerprint density at radius 1 is 1.23 bits per heavy atom. The van der Waals surface area contributed by atoms with Crippen LogP contribution < -0.4 is 10.2 Å². The minimum atomic E-state index is -4.47. The first-order valence-corrected chi connectivity index (χ1v) is 12.6.